The third kappa shape index (κ3) is 4.59. The van der Waals surface area contributed by atoms with Crippen molar-refractivity contribution in [2.75, 3.05) is 24.5 Å². The molecule has 0 amide bonds. The molecule has 1 heterocycles. The smallest absolute Gasteiger partial charge is 0.263 e. The Kier molecular flexibility index (Phi) is 6.21. The number of nitrogens with two attached hydrogens (primary N) is 1. The third-order valence-electron chi connectivity index (χ3n) is 2.73. The maximum atomic E-state index is 5.73. The summed E-state index contributed by atoms with van der Waals surface area (Å²) in [5.74, 6) is 7.29. The second kappa shape index (κ2) is 8.37. The van der Waals surface area contributed by atoms with Crippen LogP contribution in [0.15, 0.2) is 28.0 Å². The molecule has 0 aliphatic heterocycles. The van der Waals surface area contributed by atoms with Crippen molar-refractivity contribution in [2.45, 2.75) is 20.3 Å². The van der Waals surface area contributed by atoms with Crippen LogP contribution in [0.4, 0.5) is 5.95 Å². The summed E-state index contributed by atoms with van der Waals surface area (Å²) in [6, 6.07) is 3.75. The van der Waals surface area contributed by atoms with Crippen LogP contribution in [0.2, 0.25) is 0 Å². The summed E-state index contributed by atoms with van der Waals surface area (Å²) in [6.07, 6.45) is 3.93. The molecule has 2 aromatic rings. The number of aromatic nitrogens is 3. The van der Waals surface area contributed by atoms with Gasteiger partial charge in [-0.25, -0.2) is 10.1 Å². The van der Waals surface area contributed by atoms with Crippen LogP contribution in [0.1, 0.15) is 25.8 Å². The van der Waals surface area contributed by atoms with Crippen molar-refractivity contribution < 1.29 is 9.47 Å². The van der Waals surface area contributed by atoms with Gasteiger partial charge in [0, 0.05) is 0 Å². The number of ether oxygens (including phenoxy) is 2. The molecule has 3 N–H and O–H groups in total. The van der Waals surface area contributed by atoms with Gasteiger partial charge in [-0.05, 0) is 47.0 Å². The number of nitrogen functional groups attached to an aromatic ring is 1. The highest BCUT2D eigenvalue weighted by Crippen LogP contribution is 2.36. The Hall–Kier alpha value is -2.29. The van der Waals surface area contributed by atoms with Gasteiger partial charge >= 0.3 is 0 Å². The van der Waals surface area contributed by atoms with Gasteiger partial charge in [-0.15, -0.1) is 10.2 Å². The van der Waals surface area contributed by atoms with Crippen LogP contribution in [0.25, 0.3) is 0 Å². The Morgan fingerprint density at radius 2 is 2.22 bits per heavy atom. The molecule has 0 atom stereocenters. The molecule has 0 saturated heterocycles. The summed E-state index contributed by atoms with van der Waals surface area (Å²) >= 11 is 3.51. The lowest BCUT2D eigenvalue weighted by Gasteiger charge is -2.14. The zero-order valence-corrected chi connectivity index (χ0v) is 14.6. The van der Waals surface area contributed by atoms with Gasteiger partial charge < -0.3 is 15.3 Å². The lowest BCUT2D eigenvalue weighted by molar-refractivity contribution is 0.275. The molecule has 0 spiro atoms. The number of halogens is 1. The predicted molar refractivity (Wildman–Crippen MR) is 92.5 cm³/mol. The Morgan fingerprint density at radius 1 is 1.39 bits per heavy atom. The lowest BCUT2D eigenvalue weighted by Crippen LogP contribution is -2.10. The number of hydrogen-bond acceptors (Lipinski definition) is 7. The number of rotatable bonds is 8. The average molecular weight is 383 g/mol. The summed E-state index contributed by atoms with van der Waals surface area (Å²) in [4.78, 5) is 0. The summed E-state index contributed by atoms with van der Waals surface area (Å²) in [6.45, 7) is 5.15. The van der Waals surface area contributed by atoms with Gasteiger partial charge in [0.25, 0.3) is 5.95 Å². The molecule has 0 saturated carbocycles. The number of nitrogens with one attached hydrogen (secondary N) is 1. The van der Waals surface area contributed by atoms with Gasteiger partial charge in [0.05, 0.1) is 23.9 Å². The monoisotopic (exact) mass is 382 g/mol. The molecular weight excluding hydrogens is 364 g/mol. The molecule has 0 radical (unpaired) electrons. The van der Waals surface area contributed by atoms with Gasteiger partial charge in [0.2, 0.25) is 0 Å². The summed E-state index contributed by atoms with van der Waals surface area (Å²) < 4.78 is 13.4. The van der Waals surface area contributed by atoms with Gasteiger partial charge in [-0.3, -0.25) is 0 Å². The number of benzene rings is 1. The first-order valence-electron chi connectivity index (χ1n) is 7.19. The third-order valence-corrected chi connectivity index (χ3v) is 3.32. The SMILES string of the molecule is CCCOc1c(Br)cc(/C=N/Nc2nncn2N)cc1OCC. The van der Waals surface area contributed by atoms with E-state index in [4.69, 9.17) is 15.3 Å². The molecule has 124 valence electrons. The Labute approximate surface area is 142 Å². The molecule has 23 heavy (non-hydrogen) atoms. The van der Waals surface area contributed by atoms with Crippen LogP contribution >= 0.6 is 15.9 Å². The lowest BCUT2D eigenvalue weighted by atomic mass is 10.2. The maximum Gasteiger partial charge on any atom is 0.263 e. The summed E-state index contributed by atoms with van der Waals surface area (Å²) in [5, 5.41) is 11.5. The number of nitrogens with zero attached hydrogens (tertiary/aromatic N) is 4. The van der Waals surface area contributed by atoms with Crippen molar-refractivity contribution in [3.8, 4) is 11.5 Å². The molecule has 0 bridgehead atoms. The van der Waals surface area contributed by atoms with Gasteiger partial charge in [-0.1, -0.05) is 6.92 Å². The molecule has 0 unspecified atom stereocenters. The van der Waals surface area contributed by atoms with Crippen LogP contribution in [-0.2, 0) is 0 Å². The maximum absolute atomic E-state index is 5.73. The molecule has 1 aromatic heterocycles. The highest BCUT2D eigenvalue weighted by atomic mass is 79.9. The standard InChI is InChI=1S/C14H19BrN6O2/c1-3-5-23-13-11(15)6-10(7-12(13)22-4-2)8-17-19-14-20-18-9-21(14)16/h6-9H,3-5,16H2,1-2H3,(H,19,20)/b17-8+. The minimum atomic E-state index is 0.341. The molecule has 0 aliphatic rings. The van der Waals surface area contributed by atoms with E-state index >= 15 is 0 Å². The average Bonchev–Trinajstić information content (AvgIpc) is 2.92. The van der Waals surface area contributed by atoms with Crippen molar-refractivity contribution >= 4 is 28.1 Å². The van der Waals surface area contributed by atoms with E-state index in [0.717, 1.165) is 16.5 Å². The summed E-state index contributed by atoms with van der Waals surface area (Å²) in [5.41, 5.74) is 3.54. The first kappa shape index (κ1) is 17.1. The first-order valence-corrected chi connectivity index (χ1v) is 7.98. The Balaban J connectivity index is 2.17. The predicted octanol–water partition coefficient (Wildman–Crippen LogP) is 2.39. The van der Waals surface area contributed by atoms with E-state index in [1.807, 2.05) is 19.1 Å². The summed E-state index contributed by atoms with van der Waals surface area (Å²) in [7, 11) is 0. The van der Waals surface area contributed by atoms with E-state index < -0.39 is 0 Å². The van der Waals surface area contributed by atoms with Crippen molar-refractivity contribution in [1.82, 2.24) is 14.9 Å². The largest absolute Gasteiger partial charge is 0.490 e. The van der Waals surface area contributed by atoms with E-state index in [1.165, 1.54) is 11.0 Å². The minimum Gasteiger partial charge on any atom is -0.490 e. The highest BCUT2D eigenvalue weighted by Gasteiger charge is 2.11. The molecule has 0 aliphatic carbocycles. The molecule has 9 heteroatoms. The molecule has 0 fully saturated rings. The fourth-order valence-electron chi connectivity index (χ4n) is 1.76. The second-order valence-electron chi connectivity index (χ2n) is 4.54. The molecular formula is C14H19BrN6O2. The number of hydrazone groups is 1. The van der Waals surface area contributed by atoms with Crippen LogP contribution in [0, 0.1) is 0 Å². The van der Waals surface area contributed by atoms with E-state index in [-0.39, 0.29) is 0 Å². The Bertz CT molecular complexity index is 673. The van der Waals surface area contributed by atoms with E-state index in [1.54, 1.807) is 6.21 Å². The quantitative estimate of drug-likeness (QED) is 0.413. The zero-order valence-electron chi connectivity index (χ0n) is 13.0. The van der Waals surface area contributed by atoms with Crippen LogP contribution in [-0.4, -0.2) is 34.3 Å². The molecule has 8 nitrogen and oxygen atoms in total. The van der Waals surface area contributed by atoms with Crippen LogP contribution < -0.4 is 20.7 Å². The van der Waals surface area contributed by atoms with E-state index in [0.29, 0.717) is 30.7 Å². The number of anilines is 1. The highest BCUT2D eigenvalue weighted by molar-refractivity contribution is 9.10. The van der Waals surface area contributed by atoms with Gasteiger partial charge in [0.15, 0.2) is 11.5 Å². The zero-order chi connectivity index (χ0) is 16.7. The van der Waals surface area contributed by atoms with Crippen molar-refractivity contribution in [3.63, 3.8) is 0 Å². The first-order chi connectivity index (χ1) is 11.2. The van der Waals surface area contributed by atoms with Gasteiger partial charge in [-0.2, -0.15) is 5.10 Å². The van der Waals surface area contributed by atoms with Gasteiger partial charge in [0.1, 0.15) is 6.33 Å². The van der Waals surface area contributed by atoms with E-state index in [9.17, 15) is 0 Å². The fraction of sp³-hybridized carbons (Fsp3) is 0.357. The van der Waals surface area contributed by atoms with Crippen LogP contribution in [0.3, 0.4) is 0 Å². The number of hydrogen-bond donors (Lipinski definition) is 2. The van der Waals surface area contributed by atoms with Crippen molar-refractivity contribution in [1.29, 1.82) is 0 Å². The minimum absolute atomic E-state index is 0.341. The van der Waals surface area contributed by atoms with E-state index in [2.05, 4.69) is 43.6 Å². The topological polar surface area (TPSA) is 99.6 Å². The van der Waals surface area contributed by atoms with Crippen molar-refractivity contribution in [3.05, 3.63) is 28.5 Å². The van der Waals surface area contributed by atoms with Crippen molar-refractivity contribution in [2.24, 2.45) is 5.10 Å². The molecule has 2 rings (SSSR count). The normalized spacial score (nSPS) is 10.9. The fourth-order valence-corrected chi connectivity index (χ4v) is 2.33. The molecule has 1 aromatic carbocycles. The van der Waals surface area contributed by atoms with Crippen LogP contribution in [0.5, 0.6) is 11.5 Å². The Morgan fingerprint density at radius 3 is 2.87 bits per heavy atom. The second-order valence-corrected chi connectivity index (χ2v) is 5.40.